The molecule has 1 aliphatic rings. The van der Waals surface area contributed by atoms with Crippen LogP contribution in [0.15, 0.2) is 48.5 Å². The maximum atomic E-state index is 12.3. The first-order chi connectivity index (χ1) is 10.7. The molecule has 0 saturated carbocycles. The van der Waals surface area contributed by atoms with E-state index in [1.807, 2.05) is 12.1 Å². The van der Waals surface area contributed by atoms with Gasteiger partial charge in [-0.05, 0) is 48.6 Å². The molecule has 1 atom stereocenters. The lowest BCUT2D eigenvalue weighted by molar-refractivity contribution is 0.0993. The van der Waals surface area contributed by atoms with Crippen molar-refractivity contribution in [2.24, 2.45) is 0 Å². The standard InChI is InChI=1S/C19H20ClNO/c20-18-5-1-3-16(12-18)19(22)11-14-6-8-15(9-7-14)17-4-2-10-21-13-17/h1,3,5-9,12,17,21H,2,4,10-11,13H2/t17-/m0/s1. The molecule has 0 bridgehead atoms. The van der Waals surface area contributed by atoms with Crippen LogP contribution in [0.5, 0.6) is 0 Å². The summed E-state index contributed by atoms with van der Waals surface area (Å²) in [5, 5.41) is 4.04. The Labute approximate surface area is 136 Å². The number of carbonyl (C=O) groups excluding carboxylic acids is 1. The van der Waals surface area contributed by atoms with Gasteiger partial charge in [-0.1, -0.05) is 48.0 Å². The highest BCUT2D eigenvalue weighted by Crippen LogP contribution is 2.23. The van der Waals surface area contributed by atoms with Crippen LogP contribution in [0, 0.1) is 0 Å². The molecule has 2 aromatic rings. The Morgan fingerprint density at radius 3 is 2.68 bits per heavy atom. The number of hydrogen-bond acceptors (Lipinski definition) is 2. The zero-order valence-electron chi connectivity index (χ0n) is 12.5. The van der Waals surface area contributed by atoms with E-state index in [9.17, 15) is 4.79 Å². The summed E-state index contributed by atoms with van der Waals surface area (Å²) in [6, 6.07) is 15.6. The van der Waals surface area contributed by atoms with Crippen molar-refractivity contribution in [3.05, 3.63) is 70.2 Å². The van der Waals surface area contributed by atoms with Crippen molar-refractivity contribution in [2.75, 3.05) is 13.1 Å². The van der Waals surface area contributed by atoms with E-state index in [4.69, 9.17) is 11.6 Å². The largest absolute Gasteiger partial charge is 0.316 e. The summed E-state index contributed by atoms with van der Waals surface area (Å²) in [4.78, 5) is 12.3. The maximum absolute atomic E-state index is 12.3. The van der Waals surface area contributed by atoms with E-state index in [1.54, 1.807) is 12.1 Å². The summed E-state index contributed by atoms with van der Waals surface area (Å²) < 4.78 is 0. The molecule has 3 heteroatoms. The van der Waals surface area contributed by atoms with E-state index in [-0.39, 0.29) is 5.78 Å². The Balaban J connectivity index is 1.66. The van der Waals surface area contributed by atoms with Gasteiger partial charge in [0.1, 0.15) is 0 Å². The second-order valence-electron chi connectivity index (χ2n) is 5.90. The number of hydrogen-bond donors (Lipinski definition) is 1. The first-order valence-electron chi connectivity index (χ1n) is 7.81. The van der Waals surface area contributed by atoms with E-state index in [2.05, 4.69) is 29.6 Å². The zero-order valence-corrected chi connectivity index (χ0v) is 13.3. The minimum absolute atomic E-state index is 0.106. The molecule has 1 saturated heterocycles. The summed E-state index contributed by atoms with van der Waals surface area (Å²) in [7, 11) is 0. The van der Waals surface area contributed by atoms with Gasteiger partial charge >= 0.3 is 0 Å². The van der Waals surface area contributed by atoms with Gasteiger partial charge in [-0.2, -0.15) is 0 Å². The Morgan fingerprint density at radius 1 is 1.18 bits per heavy atom. The molecular weight excluding hydrogens is 294 g/mol. The van der Waals surface area contributed by atoms with E-state index in [0.29, 0.717) is 22.9 Å². The van der Waals surface area contributed by atoms with Gasteiger partial charge in [-0.3, -0.25) is 4.79 Å². The fraction of sp³-hybridized carbons (Fsp3) is 0.316. The lowest BCUT2D eigenvalue weighted by Gasteiger charge is -2.23. The van der Waals surface area contributed by atoms with Crippen LogP contribution in [0.2, 0.25) is 5.02 Å². The molecule has 1 N–H and O–H groups in total. The molecule has 0 spiro atoms. The third kappa shape index (κ3) is 3.76. The highest BCUT2D eigenvalue weighted by molar-refractivity contribution is 6.31. The van der Waals surface area contributed by atoms with E-state index >= 15 is 0 Å². The number of rotatable bonds is 4. The van der Waals surface area contributed by atoms with Crippen molar-refractivity contribution in [3.63, 3.8) is 0 Å². The number of Topliss-reactive ketones (excluding diaryl/α,β-unsaturated/α-hetero) is 1. The second kappa shape index (κ2) is 7.08. The van der Waals surface area contributed by atoms with Crippen molar-refractivity contribution >= 4 is 17.4 Å². The summed E-state index contributed by atoms with van der Waals surface area (Å²) in [5.74, 6) is 0.709. The average Bonchev–Trinajstić information content (AvgIpc) is 2.56. The van der Waals surface area contributed by atoms with E-state index in [0.717, 1.165) is 18.7 Å². The van der Waals surface area contributed by atoms with Crippen LogP contribution in [0.1, 0.15) is 40.2 Å². The van der Waals surface area contributed by atoms with Crippen molar-refractivity contribution < 1.29 is 4.79 Å². The molecule has 114 valence electrons. The van der Waals surface area contributed by atoms with Gasteiger partial charge < -0.3 is 5.32 Å². The summed E-state index contributed by atoms with van der Waals surface area (Å²) in [6.07, 6.45) is 2.90. The monoisotopic (exact) mass is 313 g/mol. The van der Waals surface area contributed by atoms with Crippen molar-refractivity contribution in [3.8, 4) is 0 Å². The molecule has 22 heavy (non-hydrogen) atoms. The van der Waals surface area contributed by atoms with Gasteiger partial charge in [-0.25, -0.2) is 0 Å². The number of benzene rings is 2. The van der Waals surface area contributed by atoms with Crippen LogP contribution in [-0.2, 0) is 6.42 Å². The molecule has 0 aliphatic carbocycles. The third-order valence-electron chi connectivity index (χ3n) is 4.26. The van der Waals surface area contributed by atoms with Crippen LogP contribution in [0.25, 0.3) is 0 Å². The zero-order chi connectivity index (χ0) is 15.4. The highest BCUT2D eigenvalue weighted by atomic mass is 35.5. The van der Waals surface area contributed by atoms with Gasteiger partial charge in [-0.15, -0.1) is 0 Å². The molecule has 2 nitrogen and oxygen atoms in total. The molecular formula is C19H20ClNO. The van der Waals surface area contributed by atoms with Crippen molar-refractivity contribution in [1.29, 1.82) is 0 Å². The molecule has 1 aliphatic heterocycles. The second-order valence-corrected chi connectivity index (χ2v) is 6.33. The van der Waals surface area contributed by atoms with Gasteiger partial charge in [0.2, 0.25) is 0 Å². The van der Waals surface area contributed by atoms with Gasteiger partial charge in [0.15, 0.2) is 5.78 Å². The average molecular weight is 314 g/mol. The normalized spacial score (nSPS) is 18.1. The molecule has 1 fully saturated rings. The summed E-state index contributed by atoms with van der Waals surface area (Å²) >= 11 is 5.94. The lowest BCUT2D eigenvalue weighted by atomic mass is 9.90. The molecule has 0 aromatic heterocycles. The molecule has 3 rings (SSSR count). The minimum Gasteiger partial charge on any atom is -0.316 e. The van der Waals surface area contributed by atoms with Crippen molar-refractivity contribution in [2.45, 2.75) is 25.2 Å². The van der Waals surface area contributed by atoms with Gasteiger partial charge in [0.05, 0.1) is 0 Å². The van der Waals surface area contributed by atoms with Gasteiger partial charge in [0, 0.05) is 23.6 Å². The Morgan fingerprint density at radius 2 is 2.00 bits per heavy atom. The molecule has 2 aromatic carbocycles. The number of carbonyl (C=O) groups is 1. The number of ketones is 1. The topological polar surface area (TPSA) is 29.1 Å². The predicted molar refractivity (Wildman–Crippen MR) is 90.8 cm³/mol. The minimum atomic E-state index is 0.106. The number of halogens is 1. The van der Waals surface area contributed by atoms with Gasteiger partial charge in [0.25, 0.3) is 0 Å². The van der Waals surface area contributed by atoms with Crippen LogP contribution >= 0.6 is 11.6 Å². The first kappa shape index (κ1) is 15.3. The lowest BCUT2D eigenvalue weighted by Crippen LogP contribution is -2.28. The fourth-order valence-electron chi connectivity index (χ4n) is 2.99. The summed E-state index contributed by atoms with van der Waals surface area (Å²) in [5.41, 5.74) is 3.09. The van der Waals surface area contributed by atoms with Crippen LogP contribution in [0.4, 0.5) is 0 Å². The molecule has 0 radical (unpaired) electrons. The smallest absolute Gasteiger partial charge is 0.167 e. The van der Waals surface area contributed by atoms with Crippen LogP contribution < -0.4 is 5.32 Å². The first-order valence-corrected chi connectivity index (χ1v) is 8.18. The van der Waals surface area contributed by atoms with E-state index in [1.165, 1.54) is 18.4 Å². The quantitative estimate of drug-likeness (QED) is 0.856. The number of piperidine rings is 1. The maximum Gasteiger partial charge on any atom is 0.167 e. The highest BCUT2D eigenvalue weighted by Gasteiger charge is 2.15. The predicted octanol–water partition coefficient (Wildman–Crippen LogP) is 4.23. The third-order valence-corrected chi connectivity index (χ3v) is 4.49. The summed E-state index contributed by atoms with van der Waals surface area (Å²) in [6.45, 7) is 2.18. The SMILES string of the molecule is O=C(Cc1ccc([C@H]2CCCNC2)cc1)c1cccc(Cl)c1. The van der Waals surface area contributed by atoms with E-state index < -0.39 is 0 Å². The van der Waals surface area contributed by atoms with Crippen LogP contribution in [-0.4, -0.2) is 18.9 Å². The van der Waals surface area contributed by atoms with Crippen molar-refractivity contribution in [1.82, 2.24) is 5.32 Å². The Hall–Kier alpha value is -1.64. The molecule has 1 heterocycles. The fourth-order valence-corrected chi connectivity index (χ4v) is 3.18. The number of nitrogens with one attached hydrogen (secondary N) is 1. The molecule has 0 amide bonds. The Kier molecular flexibility index (Phi) is 4.91. The van der Waals surface area contributed by atoms with Crippen LogP contribution in [0.3, 0.4) is 0 Å². The Bertz CT molecular complexity index is 645. The molecule has 0 unspecified atom stereocenters.